The summed E-state index contributed by atoms with van der Waals surface area (Å²) in [6, 6.07) is 3.95. The van der Waals surface area contributed by atoms with Gasteiger partial charge in [0.05, 0.1) is 0 Å². The molecule has 1 aliphatic heterocycles. The summed E-state index contributed by atoms with van der Waals surface area (Å²) in [4.78, 5) is 3.88. The molecule has 80 valence electrons. The van der Waals surface area contributed by atoms with E-state index in [1.807, 2.05) is 39.1 Å². The number of aromatic nitrogens is 1. The van der Waals surface area contributed by atoms with Gasteiger partial charge in [-0.1, -0.05) is 19.9 Å². The maximum Gasteiger partial charge on any atom is 0.0466 e. The van der Waals surface area contributed by atoms with Crippen molar-refractivity contribution in [3.63, 3.8) is 0 Å². The summed E-state index contributed by atoms with van der Waals surface area (Å²) in [6.07, 6.45) is 6.16. The van der Waals surface area contributed by atoms with E-state index in [0.29, 0.717) is 0 Å². The second kappa shape index (κ2) is 10.2. The largest absolute Gasteiger partial charge is 0.381 e. The summed E-state index contributed by atoms with van der Waals surface area (Å²) in [5, 5.41) is 0. The smallest absolute Gasteiger partial charge is 0.0466 e. The Morgan fingerprint density at radius 3 is 2.07 bits per heavy atom. The van der Waals surface area contributed by atoms with Crippen LogP contribution in [0.1, 0.15) is 32.3 Å². The Morgan fingerprint density at radius 1 is 1.21 bits per heavy atom. The SMILES string of the molecule is C1CCOC1.CC.Cc1cccnc1. The summed E-state index contributed by atoms with van der Waals surface area (Å²) in [6.45, 7) is 8.02. The highest BCUT2D eigenvalue weighted by Crippen LogP contribution is 1.98. The Kier molecular flexibility index (Phi) is 9.54. The maximum absolute atomic E-state index is 4.94. The Morgan fingerprint density at radius 2 is 1.86 bits per heavy atom. The number of hydrogen-bond donors (Lipinski definition) is 0. The van der Waals surface area contributed by atoms with Crippen LogP contribution in [0.3, 0.4) is 0 Å². The van der Waals surface area contributed by atoms with Gasteiger partial charge < -0.3 is 4.74 Å². The quantitative estimate of drug-likeness (QED) is 0.634. The number of nitrogens with zero attached hydrogens (tertiary/aromatic N) is 1. The zero-order valence-electron chi connectivity index (χ0n) is 9.49. The first kappa shape index (κ1) is 13.1. The van der Waals surface area contributed by atoms with Crippen LogP contribution in [-0.4, -0.2) is 18.2 Å². The zero-order chi connectivity index (χ0) is 10.6. The minimum Gasteiger partial charge on any atom is -0.381 e. The summed E-state index contributed by atoms with van der Waals surface area (Å²) < 4.78 is 4.94. The normalized spacial score (nSPS) is 13.4. The summed E-state index contributed by atoms with van der Waals surface area (Å²) >= 11 is 0. The molecule has 1 aromatic rings. The molecule has 0 aliphatic carbocycles. The van der Waals surface area contributed by atoms with Crippen molar-refractivity contribution in [3.05, 3.63) is 30.1 Å². The molecule has 1 saturated heterocycles. The molecule has 2 rings (SSSR count). The zero-order valence-corrected chi connectivity index (χ0v) is 9.49. The van der Waals surface area contributed by atoms with Crippen LogP contribution in [0.15, 0.2) is 24.5 Å². The molecule has 2 heterocycles. The van der Waals surface area contributed by atoms with Crippen molar-refractivity contribution >= 4 is 0 Å². The van der Waals surface area contributed by atoms with Crippen molar-refractivity contribution in [1.82, 2.24) is 4.98 Å². The first-order valence-corrected chi connectivity index (χ1v) is 5.34. The van der Waals surface area contributed by atoms with Crippen molar-refractivity contribution in [1.29, 1.82) is 0 Å². The molecular formula is C12H21NO. The molecular weight excluding hydrogens is 174 g/mol. The van der Waals surface area contributed by atoms with Gasteiger partial charge in [-0.2, -0.15) is 0 Å². The van der Waals surface area contributed by atoms with Crippen LogP contribution in [0.4, 0.5) is 0 Å². The fourth-order valence-corrected chi connectivity index (χ4v) is 0.958. The van der Waals surface area contributed by atoms with Gasteiger partial charge in [-0.3, -0.25) is 4.98 Å². The fraction of sp³-hybridized carbons (Fsp3) is 0.583. The Labute approximate surface area is 87.3 Å². The first-order chi connectivity index (χ1) is 6.89. The Hall–Kier alpha value is -0.890. The molecule has 2 heteroatoms. The lowest BCUT2D eigenvalue weighted by molar-refractivity contribution is 0.198. The van der Waals surface area contributed by atoms with Gasteiger partial charge in [0.2, 0.25) is 0 Å². The predicted octanol–water partition coefficient (Wildman–Crippen LogP) is 3.21. The van der Waals surface area contributed by atoms with Crippen LogP contribution in [0.5, 0.6) is 0 Å². The van der Waals surface area contributed by atoms with Gasteiger partial charge in [0.25, 0.3) is 0 Å². The third-order valence-electron chi connectivity index (χ3n) is 1.64. The topological polar surface area (TPSA) is 22.1 Å². The molecule has 1 aromatic heterocycles. The van der Waals surface area contributed by atoms with Gasteiger partial charge in [0, 0.05) is 25.6 Å². The van der Waals surface area contributed by atoms with Crippen LogP contribution in [-0.2, 0) is 4.74 Å². The minimum atomic E-state index is 1.00. The average Bonchev–Trinajstić information content (AvgIpc) is 2.80. The van der Waals surface area contributed by atoms with Crippen LogP contribution < -0.4 is 0 Å². The van der Waals surface area contributed by atoms with Crippen LogP contribution in [0, 0.1) is 6.92 Å². The third kappa shape index (κ3) is 7.74. The summed E-state index contributed by atoms with van der Waals surface area (Å²) in [5.41, 5.74) is 1.21. The maximum atomic E-state index is 4.94. The number of hydrogen-bond acceptors (Lipinski definition) is 2. The molecule has 2 nitrogen and oxygen atoms in total. The summed E-state index contributed by atoms with van der Waals surface area (Å²) in [5.74, 6) is 0. The van der Waals surface area contributed by atoms with Crippen LogP contribution in [0.25, 0.3) is 0 Å². The van der Waals surface area contributed by atoms with Gasteiger partial charge in [-0.25, -0.2) is 0 Å². The van der Waals surface area contributed by atoms with Gasteiger partial charge in [0.1, 0.15) is 0 Å². The molecule has 1 fully saturated rings. The summed E-state index contributed by atoms with van der Waals surface area (Å²) in [7, 11) is 0. The highest BCUT2D eigenvalue weighted by molar-refractivity contribution is 5.04. The Bertz CT molecular complexity index is 187. The second-order valence-electron chi connectivity index (χ2n) is 2.85. The van der Waals surface area contributed by atoms with E-state index in [0.717, 1.165) is 13.2 Å². The monoisotopic (exact) mass is 195 g/mol. The van der Waals surface area contributed by atoms with E-state index >= 15 is 0 Å². The minimum absolute atomic E-state index is 1.00. The molecule has 0 radical (unpaired) electrons. The van der Waals surface area contributed by atoms with E-state index < -0.39 is 0 Å². The van der Waals surface area contributed by atoms with Gasteiger partial charge in [-0.05, 0) is 31.4 Å². The first-order valence-electron chi connectivity index (χ1n) is 5.34. The lowest BCUT2D eigenvalue weighted by Gasteiger charge is -1.82. The van der Waals surface area contributed by atoms with E-state index in [1.165, 1.54) is 18.4 Å². The average molecular weight is 195 g/mol. The molecule has 0 aromatic carbocycles. The van der Waals surface area contributed by atoms with E-state index in [2.05, 4.69) is 4.98 Å². The molecule has 0 N–H and O–H groups in total. The van der Waals surface area contributed by atoms with Gasteiger partial charge in [0.15, 0.2) is 0 Å². The molecule has 0 spiro atoms. The van der Waals surface area contributed by atoms with Gasteiger partial charge >= 0.3 is 0 Å². The number of rotatable bonds is 0. The fourth-order valence-electron chi connectivity index (χ4n) is 0.958. The highest BCUT2D eigenvalue weighted by atomic mass is 16.5. The number of ether oxygens (including phenoxy) is 1. The van der Waals surface area contributed by atoms with Crippen molar-refractivity contribution in [2.75, 3.05) is 13.2 Å². The van der Waals surface area contributed by atoms with Gasteiger partial charge in [-0.15, -0.1) is 0 Å². The molecule has 0 saturated carbocycles. The van der Waals surface area contributed by atoms with Crippen molar-refractivity contribution < 1.29 is 4.74 Å². The third-order valence-corrected chi connectivity index (χ3v) is 1.64. The number of aryl methyl sites for hydroxylation is 1. The van der Waals surface area contributed by atoms with Crippen LogP contribution >= 0.6 is 0 Å². The van der Waals surface area contributed by atoms with Crippen molar-refractivity contribution in [2.24, 2.45) is 0 Å². The van der Waals surface area contributed by atoms with E-state index in [9.17, 15) is 0 Å². The standard InChI is InChI=1S/C6H7N.C4H8O.C2H6/c1-6-3-2-4-7-5-6;1-2-4-5-3-1;1-2/h2-5H,1H3;1-4H2;1-2H3. The van der Waals surface area contributed by atoms with E-state index in [1.54, 1.807) is 6.20 Å². The molecule has 0 unspecified atom stereocenters. The van der Waals surface area contributed by atoms with E-state index in [-0.39, 0.29) is 0 Å². The lowest BCUT2D eigenvalue weighted by atomic mass is 10.3. The molecule has 0 bridgehead atoms. The second-order valence-corrected chi connectivity index (χ2v) is 2.85. The predicted molar refractivity (Wildman–Crippen MR) is 60.4 cm³/mol. The molecule has 14 heavy (non-hydrogen) atoms. The van der Waals surface area contributed by atoms with Crippen molar-refractivity contribution in [2.45, 2.75) is 33.6 Å². The van der Waals surface area contributed by atoms with Crippen LogP contribution in [0.2, 0.25) is 0 Å². The van der Waals surface area contributed by atoms with E-state index in [4.69, 9.17) is 4.74 Å². The Balaban J connectivity index is 0.000000213. The molecule has 0 atom stereocenters. The number of pyridine rings is 1. The lowest BCUT2D eigenvalue weighted by Crippen LogP contribution is -1.74. The molecule has 1 aliphatic rings. The molecule has 0 amide bonds. The van der Waals surface area contributed by atoms with Crippen molar-refractivity contribution in [3.8, 4) is 0 Å². The highest BCUT2D eigenvalue weighted by Gasteiger charge is 1.94.